The highest BCUT2D eigenvalue weighted by molar-refractivity contribution is 7.99. The van der Waals surface area contributed by atoms with E-state index in [1.54, 1.807) is 0 Å². The zero-order valence-electron chi connectivity index (χ0n) is 14.6. The second-order valence-corrected chi connectivity index (χ2v) is 7.80. The average Bonchev–Trinajstić information content (AvgIpc) is 2.57. The predicted octanol–water partition coefficient (Wildman–Crippen LogP) is 3.97. The third-order valence-corrected chi connectivity index (χ3v) is 6.16. The lowest BCUT2D eigenvalue weighted by molar-refractivity contribution is -0.119. The molecular formula is C19H25N3OS. The standard InChI is InChI=1S/C19H25N3OS/c1-12-7-6-10-15(13(12)2)21-18(23)11-24-19-14(3)20-16-8-4-5-9-17(16)22-19/h4-5,8-9,12-13,15H,6-7,10-11H2,1-3H3,(H,21,23)/t12-,13-,15+/m0/s1. The first-order valence-electron chi connectivity index (χ1n) is 8.70. The number of carbonyl (C=O) groups is 1. The van der Waals surface area contributed by atoms with E-state index in [2.05, 4.69) is 29.1 Å². The minimum absolute atomic E-state index is 0.0975. The lowest BCUT2D eigenvalue weighted by Crippen LogP contribution is -2.44. The lowest BCUT2D eigenvalue weighted by atomic mass is 9.78. The van der Waals surface area contributed by atoms with Crippen LogP contribution in [0.3, 0.4) is 0 Å². The molecule has 1 fully saturated rings. The van der Waals surface area contributed by atoms with Crippen molar-refractivity contribution in [1.29, 1.82) is 0 Å². The maximum Gasteiger partial charge on any atom is 0.230 e. The molecule has 1 saturated carbocycles. The van der Waals surface area contributed by atoms with Crippen LogP contribution < -0.4 is 5.32 Å². The Labute approximate surface area is 147 Å². The van der Waals surface area contributed by atoms with Crippen molar-refractivity contribution in [3.8, 4) is 0 Å². The molecule has 0 radical (unpaired) electrons. The first kappa shape index (κ1) is 17.2. The summed E-state index contributed by atoms with van der Waals surface area (Å²) in [7, 11) is 0. The molecular weight excluding hydrogens is 318 g/mol. The van der Waals surface area contributed by atoms with Gasteiger partial charge in [-0.1, -0.05) is 50.6 Å². The van der Waals surface area contributed by atoms with Gasteiger partial charge in [-0.05, 0) is 37.3 Å². The molecule has 3 rings (SSSR count). The maximum atomic E-state index is 12.3. The van der Waals surface area contributed by atoms with Crippen LogP contribution in [0.25, 0.3) is 11.0 Å². The average molecular weight is 343 g/mol. The molecule has 0 spiro atoms. The highest BCUT2D eigenvalue weighted by Gasteiger charge is 2.28. The van der Waals surface area contributed by atoms with E-state index in [-0.39, 0.29) is 5.91 Å². The van der Waals surface area contributed by atoms with Gasteiger partial charge in [0.2, 0.25) is 5.91 Å². The number of benzene rings is 1. The van der Waals surface area contributed by atoms with Crippen molar-refractivity contribution < 1.29 is 4.79 Å². The summed E-state index contributed by atoms with van der Waals surface area (Å²) in [4.78, 5) is 21.5. The predicted molar refractivity (Wildman–Crippen MR) is 99.1 cm³/mol. The summed E-state index contributed by atoms with van der Waals surface area (Å²) in [5.41, 5.74) is 2.65. The summed E-state index contributed by atoms with van der Waals surface area (Å²) in [6, 6.07) is 8.15. The third-order valence-electron chi connectivity index (χ3n) is 5.09. The highest BCUT2D eigenvalue weighted by atomic mass is 32.2. The van der Waals surface area contributed by atoms with Gasteiger partial charge >= 0.3 is 0 Å². The number of rotatable bonds is 4. The Morgan fingerprint density at radius 3 is 2.67 bits per heavy atom. The molecule has 5 heteroatoms. The van der Waals surface area contributed by atoms with E-state index < -0.39 is 0 Å². The molecule has 24 heavy (non-hydrogen) atoms. The zero-order valence-corrected chi connectivity index (χ0v) is 15.4. The minimum atomic E-state index is 0.0975. The summed E-state index contributed by atoms with van der Waals surface area (Å²) >= 11 is 1.47. The van der Waals surface area contributed by atoms with E-state index in [1.165, 1.54) is 24.6 Å². The SMILES string of the molecule is Cc1nc2ccccc2nc1SCC(=O)N[C@@H]1CCC[C@H](C)[C@@H]1C. The number of carbonyl (C=O) groups excluding carboxylic acids is 1. The van der Waals surface area contributed by atoms with Gasteiger partial charge in [0.25, 0.3) is 0 Å². The molecule has 1 aliphatic carbocycles. The Morgan fingerprint density at radius 1 is 1.21 bits per heavy atom. The molecule has 0 bridgehead atoms. The van der Waals surface area contributed by atoms with Crippen LogP contribution in [0.5, 0.6) is 0 Å². The smallest absolute Gasteiger partial charge is 0.230 e. The van der Waals surface area contributed by atoms with Crippen molar-refractivity contribution in [2.45, 2.75) is 51.1 Å². The molecule has 1 amide bonds. The van der Waals surface area contributed by atoms with E-state index >= 15 is 0 Å². The number of nitrogens with one attached hydrogen (secondary N) is 1. The van der Waals surface area contributed by atoms with Crippen molar-refractivity contribution in [2.75, 3.05) is 5.75 Å². The molecule has 1 heterocycles. The van der Waals surface area contributed by atoms with Gasteiger partial charge in [-0.25, -0.2) is 9.97 Å². The van der Waals surface area contributed by atoms with Crippen LogP contribution >= 0.6 is 11.8 Å². The Kier molecular flexibility index (Phi) is 5.39. The Morgan fingerprint density at radius 2 is 1.92 bits per heavy atom. The van der Waals surface area contributed by atoms with Crippen molar-refractivity contribution in [2.24, 2.45) is 11.8 Å². The number of hydrogen-bond acceptors (Lipinski definition) is 4. The van der Waals surface area contributed by atoms with Crippen LogP contribution in [0.1, 0.15) is 38.8 Å². The van der Waals surface area contributed by atoms with Crippen molar-refractivity contribution >= 4 is 28.7 Å². The third kappa shape index (κ3) is 3.89. The number of nitrogens with zero attached hydrogens (tertiary/aromatic N) is 2. The fourth-order valence-corrected chi connectivity index (χ4v) is 4.15. The minimum Gasteiger partial charge on any atom is -0.352 e. The van der Waals surface area contributed by atoms with Crippen LogP contribution in [-0.2, 0) is 4.79 Å². The topological polar surface area (TPSA) is 54.9 Å². The quantitative estimate of drug-likeness (QED) is 0.854. The molecule has 1 N–H and O–H groups in total. The van der Waals surface area contributed by atoms with E-state index in [0.29, 0.717) is 23.6 Å². The van der Waals surface area contributed by atoms with E-state index in [1.807, 2.05) is 31.2 Å². The van der Waals surface area contributed by atoms with E-state index in [0.717, 1.165) is 28.2 Å². The van der Waals surface area contributed by atoms with Crippen molar-refractivity contribution in [3.05, 3.63) is 30.0 Å². The number of para-hydroxylation sites is 2. The number of thioether (sulfide) groups is 1. The summed E-state index contributed by atoms with van der Waals surface area (Å²) < 4.78 is 0. The second-order valence-electron chi connectivity index (χ2n) is 6.83. The fraction of sp³-hybridized carbons (Fsp3) is 0.526. The molecule has 0 unspecified atom stereocenters. The second kappa shape index (κ2) is 7.51. The largest absolute Gasteiger partial charge is 0.352 e. The lowest BCUT2D eigenvalue weighted by Gasteiger charge is -2.34. The zero-order chi connectivity index (χ0) is 17.1. The number of aromatic nitrogens is 2. The van der Waals surface area contributed by atoms with E-state index in [4.69, 9.17) is 0 Å². The molecule has 1 aromatic heterocycles. The number of fused-ring (bicyclic) bond motifs is 1. The van der Waals surface area contributed by atoms with Crippen LogP contribution in [0.15, 0.2) is 29.3 Å². The van der Waals surface area contributed by atoms with Gasteiger partial charge < -0.3 is 5.32 Å². The van der Waals surface area contributed by atoms with Crippen LogP contribution in [-0.4, -0.2) is 27.7 Å². The normalized spacial score (nSPS) is 24.0. The van der Waals surface area contributed by atoms with Gasteiger partial charge in [-0.3, -0.25) is 4.79 Å². The maximum absolute atomic E-state index is 12.3. The Balaban J connectivity index is 1.61. The van der Waals surface area contributed by atoms with Gasteiger partial charge in [0.1, 0.15) is 5.03 Å². The van der Waals surface area contributed by atoms with Crippen molar-refractivity contribution in [1.82, 2.24) is 15.3 Å². The Bertz CT molecular complexity index is 734. The van der Waals surface area contributed by atoms with Crippen molar-refractivity contribution in [3.63, 3.8) is 0 Å². The summed E-state index contributed by atoms with van der Waals surface area (Å²) in [6.07, 6.45) is 3.57. The van der Waals surface area contributed by atoms with Crippen LogP contribution in [0.4, 0.5) is 0 Å². The molecule has 128 valence electrons. The molecule has 3 atom stereocenters. The van der Waals surface area contributed by atoms with E-state index in [9.17, 15) is 4.79 Å². The molecule has 2 aromatic rings. The van der Waals surface area contributed by atoms with Gasteiger partial charge in [0.05, 0.1) is 22.5 Å². The number of amides is 1. The van der Waals surface area contributed by atoms with Crippen LogP contribution in [0.2, 0.25) is 0 Å². The molecule has 1 aliphatic rings. The summed E-state index contributed by atoms with van der Waals surface area (Å²) in [6.45, 7) is 6.48. The molecule has 0 saturated heterocycles. The first-order chi connectivity index (χ1) is 11.5. The van der Waals surface area contributed by atoms with Gasteiger partial charge in [-0.15, -0.1) is 0 Å². The number of hydrogen-bond donors (Lipinski definition) is 1. The van der Waals surface area contributed by atoms with Gasteiger partial charge in [0, 0.05) is 6.04 Å². The summed E-state index contributed by atoms with van der Waals surface area (Å²) in [5, 5.41) is 4.06. The summed E-state index contributed by atoms with van der Waals surface area (Å²) in [5.74, 6) is 1.73. The fourth-order valence-electron chi connectivity index (χ4n) is 3.38. The highest BCUT2D eigenvalue weighted by Crippen LogP contribution is 2.29. The molecule has 1 aromatic carbocycles. The number of aryl methyl sites for hydroxylation is 1. The Hall–Kier alpha value is -1.62. The first-order valence-corrected chi connectivity index (χ1v) is 9.68. The van der Waals surface area contributed by atoms with Gasteiger partial charge in [0.15, 0.2) is 0 Å². The van der Waals surface area contributed by atoms with Crippen LogP contribution in [0, 0.1) is 18.8 Å². The van der Waals surface area contributed by atoms with Gasteiger partial charge in [-0.2, -0.15) is 0 Å². The molecule has 4 nitrogen and oxygen atoms in total. The molecule has 0 aliphatic heterocycles. The monoisotopic (exact) mass is 343 g/mol.